The van der Waals surface area contributed by atoms with E-state index in [9.17, 15) is 15.3 Å². The first kappa shape index (κ1) is 21.4. The van der Waals surface area contributed by atoms with E-state index in [4.69, 9.17) is 16.3 Å². The van der Waals surface area contributed by atoms with Crippen LogP contribution in [0.5, 0.6) is 0 Å². The van der Waals surface area contributed by atoms with Crippen LogP contribution in [0.1, 0.15) is 17.9 Å². The van der Waals surface area contributed by atoms with Gasteiger partial charge in [-0.2, -0.15) is 11.8 Å². The first-order chi connectivity index (χ1) is 14.5. The predicted molar refractivity (Wildman–Crippen MR) is 117 cm³/mol. The molecule has 0 bridgehead atoms. The third-order valence-electron chi connectivity index (χ3n) is 5.18. The molecule has 30 heavy (non-hydrogen) atoms. The lowest BCUT2D eigenvalue weighted by molar-refractivity contribution is -0.0848. The number of nitrogens with one attached hydrogen (secondary N) is 1. The van der Waals surface area contributed by atoms with Crippen LogP contribution in [0.25, 0.3) is 11.0 Å². The Balaban J connectivity index is 1.59. The van der Waals surface area contributed by atoms with E-state index >= 15 is 0 Å². The van der Waals surface area contributed by atoms with Crippen molar-refractivity contribution in [1.29, 1.82) is 0 Å². The van der Waals surface area contributed by atoms with Crippen molar-refractivity contribution in [3.63, 3.8) is 0 Å². The highest BCUT2D eigenvalue weighted by Gasteiger charge is 2.47. The Hall–Kier alpha value is -1.88. The molecule has 0 saturated carbocycles. The van der Waals surface area contributed by atoms with Gasteiger partial charge in [-0.15, -0.1) is 0 Å². The van der Waals surface area contributed by atoms with E-state index in [1.165, 1.54) is 6.33 Å². The summed E-state index contributed by atoms with van der Waals surface area (Å²) in [5.41, 5.74) is 1.10. The Morgan fingerprint density at radius 3 is 2.70 bits per heavy atom. The minimum atomic E-state index is -1.28. The third-order valence-corrected chi connectivity index (χ3v) is 6.04. The second-order valence-electron chi connectivity index (χ2n) is 7.07. The fraction of sp³-hybridized carbons (Fsp3) is 0.400. The molecule has 1 aromatic carbocycles. The Morgan fingerprint density at radius 2 is 1.97 bits per heavy atom. The van der Waals surface area contributed by atoms with Crippen LogP contribution >= 0.6 is 23.4 Å². The number of nitrogens with zero attached hydrogens (tertiary/aromatic N) is 3. The van der Waals surface area contributed by atoms with Gasteiger partial charge in [-0.3, -0.25) is 0 Å². The SMILES string of the molecule is CSCCNc1ncnc2c1ccn2[C@@H]1O[C@H](C(O)c2ccc(Cl)cc2)[C@@H](O)[C@H]1O. The van der Waals surface area contributed by atoms with Crippen molar-refractivity contribution in [2.24, 2.45) is 0 Å². The number of anilines is 1. The van der Waals surface area contributed by atoms with Crippen LogP contribution in [0, 0.1) is 0 Å². The number of hydrogen-bond donors (Lipinski definition) is 4. The van der Waals surface area contributed by atoms with Crippen molar-refractivity contribution in [1.82, 2.24) is 14.5 Å². The Labute approximate surface area is 182 Å². The summed E-state index contributed by atoms with van der Waals surface area (Å²) in [5.74, 6) is 1.63. The molecule has 1 unspecified atom stereocenters. The maximum atomic E-state index is 10.7. The van der Waals surface area contributed by atoms with Crippen LogP contribution in [0.15, 0.2) is 42.9 Å². The van der Waals surface area contributed by atoms with Gasteiger partial charge in [-0.25, -0.2) is 9.97 Å². The summed E-state index contributed by atoms with van der Waals surface area (Å²) in [4.78, 5) is 8.62. The van der Waals surface area contributed by atoms with Gasteiger partial charge in [0.15, 0.2) is 6.23 Å². The van der Waals surface area contributed by atoms with Gasteiger partial charge >= 0.3 is 0 Å². The van der Waals surface area contributed by atoms with Crippen molar-refractivity contribution >= 4 is 40.2 Å². The van der Waals surface area contributed by atoms with Crippen molar-refractivity contribution in [3.8, 4) is 0 Å². The van der Waals surface area contributed by atoms with Crippen molar-refractivity contribution in [3.05, 3.63) is 53.4 Å². The van der Waals surface area contributed by atoms with E-state index < -0.39 is 30.6 Å². The molecule has 4 N–H and O–H groups in total. The van der Waals surface area contributed by atoms with Gasteiger partial charge in [-0.05, 0) is 30.0 Å². The molecule has 3 aromatic rings. The average molecular weight is 451 g/mol. The molecule has 8 nitrogen and oxygen atoms in total. The van der Waals surface area contributed by atoms with Crippen LogP contribution in [-0.2, 0) is 4.74 Å². The molecular weight excluding hydrogens is 428 g/mol. The number of fused-ring (bicyclic) bond motifs is 1. The third kappa shape index (κ3) is 4.01. The van der Waals surface area contributed by atoms with Crippen LogP contribution in [0.4, 0.5) is 5.82 Å². The number of aliphatic hydroxyl groups excluding tert-OH is 3. The molecule has 0 aliphatic carbocycles. The van der Waals surface area contributed by atoms with E-state index in [1.807, 2.05) is 12.3 Å². The molecule has 1 saturated heterocycles. The minimum absolute atomic E-state index is 0.538. The molecule has 160 valence electrons. The van der Waals surface area contributed by atoms with Gasteiger partial charge in [0.05, 0.1) is 5.39 Å². The topological polar surface area (TPSA) is 113 Å². The predicted octanol–water partition coefficient (Wildman–Crippen LogP) is 2.21. The number of aromatic nitrogens is 3. The van der Waals surface area contributed by atoms with Crippen LogP contribution in [0.2, 0.25) is 5.02 Å². The lowest BCUT2D eigenvalue weighted by Crippen LogP contribution is -2.34. The first-order valence-electron chi connectivity index (χ1n) is 9.50. The average Bonchev–Trinajstić information content (AvgIpc) is 3.30. The fourth-order valence-corrected chi connectivity index (χ4v) is 4.05. The van der Waals surface area contributed by atoms with Crippen molar-refractivity contribution in [2.45, 2.75) is 30.6 Å². The summed E-state index contributed by atoms with van der Waals surface area (Å²) >= 11 is 7.63. The van der Waals surface area contributed by atoms with Crippen molar-refractivity contribution < 1.29 is 20.1 Å². The van der Waals surface area contributed by atoms with Gasteiger partial charge < -0.3 is 29.9 Å². The second kappa shape index (κ2) is 9.09. The molecule has 1 aliphatic rings. The Bertz CT molecular complexity index is 1000. The maximum absolute atomic E-state index is 10.7. The molecule has 3 heterocycles. The van der Waals surface area contributed by atoms with E-state index in [2.05, 4.69) is 15.3 Å². The molecule has 0 amide bonds. The number of halogens is 1. The maximum Gasteiger partial charge on any atom is 0.164 e. The quantitative estimate of drug-likeness (QED) is 0.405. The highest BCUT2D eigenvalue weighted by Crippen LogP contribution is 2.38. The zero-order valence-electron chi connectivity index (χ0n) is 16.2. The van der Waals surface area contributed by atoms with Gasteiger partial charge in [0.2, 0.25) is 0 Å². The highest BCUT2D eigenvalue weighted by atomic mass is 35.5. The fourth-order valence-electron chi connectivity index (χ4n) is 3.61. The van der Waals surface area contributed by atoms with Crippen LogP contribution < -0.4 is 5.32 Å². The standard InChI is InChI=1S/C20H23ClN4O4S/c1-30-9-7-22-18-13-6-8-25(19(13)24-10-23-18)20-16(28)15(27)17(29-20)14(26)11-2-4-12(21)5-3-11/h2-6,8,10,14-17,20,26-28H,7,9H2,1H3,(H,22,23,24)/t14?,15-,16+,17+,20+/m0/s1. The first-order valence-corrected chi connectivity index (χ1v) is 11.3. The zero-order chi connectivity index (χ0) is 21.3. The molecule has 0 spiro atoms. The minimum Gasteiger partial charge on any atom is -0.387 e. The molecule has 2 aromatic heterocycles. The lowest BCUT2D eigenvalue weighted by Gasteiger charge is -2.21. The number of hydrogen-bond acceptors (Lipinski definition) is 8. The van der Waals surface area contributed by atoms with Gasteiger partial charge in [0.25, 0.3) is 0 Å². The van der Waals surface area contributed by atoms with E-state index in [-0.39, 0.29) is 0 Å². The number of rotatable bonds is 7. The highest BCUT2D eigenvalue weighted by molar-refractivity contribution is 7.98. The van der Waals surface area contributed by atoms with E-state index in [0.717, 1.165) is 17.7 Å². The number of ether oxygens (including phenoxy) is 1. The zero-order valence-corrected chi connectivity index (χ0v) is 17.8. The van der Waals surface area contributed by atoms with Crippen molar-refractivity contribution in [2.75, 3.05) is 23.9 Å². The van der Waals surface area contributed by atoms with Crippen LogP contribution in [0.3, 0.4) is 0 Å². The Morgan fingerprint density at radius 1 is 1.20 bits per heavy atom. The normalized spacial score (nSPS) is 25.0. The smallest absolute Gasteiger partial charge is 0.164 e. The molecule has 0 radical (unpaired) electrons. The summed E-state index contributed by atoms with van der Waals surface area (Å²) in [6, 6.07) is 8.46. The monoisotopic (exact) mass is 450 g/mol. The molecule has 4 rings (SSSR count). The summed E-state index contributed by atoms with van der Waals surface area (Å²) in [7, 11) is 0. The molecule has 1 aliphatic heterocycles. The van der Waals surface area contributed by atoms with E-state index in [1.54, 1.807) is 46.8 Å². The lowest BCUT2D eigenvalue weighted by atomic mass is 9.99. The number of thioether (sulfide) groups is 1. The van der Waals surface area contributed by atoms with Gasteiger partial charge in [0, 0.05) is 23.5 Å². The second-order valence-corrected chi connectivity index (χ2v) is 8.49. The van der Waals surface area contributed by atoms with Crippen LogP contribution in [-0.4, -0.2) is 66.7 Å². The summed E-state index contributed by atoms with van der Waals surface area (Å²) in [6.07, 6.45) is -0.351. The number of aliphatic hydroxyl groups is 3. The molecule has 10 heteroatoms. The van der Waals surface area contributed by atoms with Gasteiger partial charge in [-0.1, -0.05) is 23.7 Å². The number of benzene rings is 1. The Kier molecular flexibility index (Phi) is 6.47. The van der Waals surface area contributed by atoms with E-state index in [0.29, 0.717) is 22.1 Å². The molecular formula is C20H23ClN4O4S. The summed E-state index contributed by atoms with van der Waals surface area (Å²) in [6.45, 7) is 0.759. The largest absolute Gasteiger partial charge is 0.387 e. The summed E-state index contributed by atoms with van der Waals surface area (Å²) in [5, 5.41) is 36.5. The summed E-state index contributed by atoms with van der Waals surface area (Å²) < 4.78 is 7.57. The van der Waals surface area contributed by atoms with Gasteiger partial charge in [0.1, 0.15) is 42.2 Å². The molecule has 1 fully saturated rings. The molecule has 5 atom stereocenters.